The normalized spacial score (nSPS) is 13.1. The predicted octanol–water partition coefficient (Wildman–Crippen LogP) is 5.57. The molecule has 1 heterocycles. The monoisotopic (exact) mass is 466 g/mol. The smallest absolute Gasteiger partial charge is 0.337 e. The highest BCUT2D eigenvalue weighted by atomic mass is 32.2. The second-order valence-electron chi connectivity index (χ2n) is 7.82. The lowest BCUT2D eigenvalue weighted by Crippen LogP contribution is -2.30. The Kier molecular flexibility index (Phi) is 8.36. The van der Waals surface area contributed by atoms with Crippen LogP contribution < -0.4 is 4.72 Å². The Morgan fingerprint density at radius 1 is 1.06 bits per heavy atom. The molecule has 0 aliphatic carbocycles. The number of carbonyl (C=O) groups is 1. The Morgan fingerprint density at radius 3 is 2.45 bits per heavy atom. The number of fused-ring (bicyclic) bond motifs is 1. The topological polar surface area (TPSA) is 85.4 Å². The maximum Gasteiger partial charge on any atom is 0.337 e. The fraction of sp³-hybridized carbons (Fsp3) is 0.308. The molecule has 0 aliphatic heterocycles. The number of para-hydroxylation sites is 1. The number of methoxy groups -OCH3 is 1. The number of benzene rings is 2. The van der Waals surface area contributed by atoms with Crippen molar-refractivity contribution >= 4 is 26.9 Å². The van der Waals surface area contributed by atoms with Gasteiger partial charge < -0.3 is 4.74 Å². The van der Waals surface area contributed by atoms with E-state index in [4.69, 9.17) is 4.74 Å². The number of carbonyl (C=O) groups excluding carboxylic acids is 1. The molecular weight excluding hydrogens is 436 g/mol. The van der Waals surface area contributed by atoms with Crippen LogP contribution in [-0.2, 0) is 14.8 Å². The summed E-state index contributed by atoms with van der Waals surface area (Å²) >= 11 is 0. The maximum atomic E-state index is 13.6. The Morgan fingerprint density at radius 2 is 1.79 bits per heavy atom. The molecule has 7 heteroatoms. The third-order valence-electron chi connectivity index (χ3n) is 5.43. The van der Waals surface area contributed by atoms with Crippen molar-refractivity contribution in [2.24, 2.45) is 0 Å². The molecule has 1 aromatic heterocycles. The average molecular weight is 467 g/mol. The minimum Gasteiger partial charge on any atom is -0.465 e. The fourth-order valence-corrected chi connectivity index (χ4v) is 5.19. The molecule has 3 rings (SSSR count). The number of hydrogen-bond acceptors (Lipinski definition) is 5. The Bertz CT molecular complexity index is 1230. The summed E-state index contributed by atoms with van der Waals surface area (Å²) in [7, 11) is -2.57. The molecule has 3 aromatic rings. The van der Waals surface area contributed by atoms with E-state index in [0.29, 0.717) is 11.1 Å². The molecule has 0 aliphatic rings. The van der Waals surface area contributed by atoms with Crippen molar-refractivity contribution in [2.45, 2.75) is 50.5 Å². The molecule has 0 fully saturated rings. The number of aromatic nitrogens is 1. The van der Waals surface area contributed by atoms with Gasteiger partial charge in [0.1, 0.15) is 4.90 Å². The van der Waals surface area contributed by atoms with Gasteiger partial charge in [-0.25, -0.2) is 13.2 Å². The summed E-state index contributed by atoms with van der Waals surface area (Å²) < 4.78 is 34.9. The molecule has 174 valence electrons. The van der Waals surface area contributed by atoms with E-state index < -0.39 is 22.0 Å². The summed E-state index contributed by atoms with van der Waals surface area (Å²) in [6, 6.07) is 15.1. The van der Waals surface area contributed by atoms with Gasteiger partial charge in [-0.05, 0) is 42.7 Å². The van der Waals surface area contributed by atoms with E-state index in [1.54, 1.807) is 48.7 Å². The summed E-state index contributed by atoms with van der Waals surface area (Å²) in [4.78, 5) is 16.3. The number of pyridine rings is 1. The van der Waals surface area contributed by atoms with Crippen LogP contribution in [0.2, 0.25) is 0 Å². The van der Waals surface area contributed by atoms with Crippen molar-refractivity contribution in [1.29, 1.82) is 0 Å². The van der Waals surface area contributed by atoms with Crippen LogP contribution >= 0.6 is 0 Å². The van der Waals surface area contributed by atoms with E-state index in [2.05, 4.69) is 29.6 Å². The lowest BCUT2D eigenvalue weighted by atomic mass is 9.94. The number of sulfonamides is 1. The Hall–Kier alpha value is -3.03. The first-order chi connectivity index (χ1) is 15.9. The van der Waals surface area contributed by atoms with E-state index in [-0.39, 0.29) is 4.90 Å². The second-order valence-corrected chi connectivity index (χ2v) is 9.50. The molecule has 0 spiro atoms. The highest BCUT2D eigenvalue weighted by Gasteiger charge is 2.26. The van der Waals surface area contributed by atoms with Gasteiger partial charge in [-0.1, -0.05) is 68.7 Å². The third-order valence-corrected chi connectivity index (χ3v) is 6.88. The molecule has 0 saturated heterocycles. The van der Waals surface area contributed by atoms with Gasteiger partial charge in [-0.2, -0.15) is 4.72 Å². The molecule has 0 radical (unpaired) electrons. The molecule has 0 bridgehead atoms. The molecule has 0 amide bonds. The minimum atomic E-state index is -3.90. The van der Waals surface area contributed by atoms with Crippen molar-refractivity contribution < 1.29 is 17.9 Å². The standard InChI is InChI=1S/C26H30N2O4S/c1-4-6-10-19(9-5-2)24(21-14-16-22(17-15-21)26(29)32-3)28-33(30,31)23-13-7-11-20-12-8-18-27-25(20)23/h7-8,10-18,24,28H,4-6,9H2,1-3H3/b19-10+/t24-/m1/s1. The fourth-order valence-electron chi connectivity index (χ4n) is 3.78. The maximum absolute atomic E-state index is 13.6. The molecule has 1 atom stereocenters. The lowest BCUT2D eigenvalue weighted by molar-refractivity contribution is 0.0600. The zero-order valence-corrected chi connectivity index (χ0v) is 20.1. The summed E-state index contributed by atoms with van der Waals surface area (Å²) in [5.74, 6) is -0.434. The number of unbranched alkanes of at least 4 members (excludes halogenated alkanes) is 1. The minimum absolute atomic E-state index is 0.142. The van der Waals surface area contributed by atoms with Crippen LogP contribution in [0.1, 0.15) is 61.5 Å². The predicted molar refractivity (Wildman–Crippen MR) is 130 cm³/mol. The van der Waals surface area contributed by atoms with Gasteiger partial charge in [0.15, 0.2) is 0 Å². The zero-order valence-electron chi connectivity index (χ0n) is 19.2. The number of ether oxygens (including phenoxy) is 1. The summed E-state index contributed by atoms with van der Waals surface area (Å²) in [5.41, 5.74) is 2.61. The van der Waals surface area contributed by atoms with Crippen LogP contribution in [-0.4, -0.2) is 26.5 Å². The van der Waals surface area contributed by atoms with Gasteiger partial charge in [0.25, 0.3) is 0 Å². The Labute approximate surface area is 195 Å². The number of rotatable bonds is 10. The van der Waals surface area contributed by atoms with Gasteiger partial charge in [0, 0.05) is 11.6 Å². The number of allylic oxidation sites excluding steroid dienone is 1. The van der Waals surface area contributed by atoms with Crippen LogP contribution in [0.3, 0.4) is 0 Å². The van der Waals surface area contributed by atoms with Crippen LogP contribution in [0.5, 0.6) is 0 Å². The van der Waals surface area contributed by atoms with Crippen molar-refractivity contribution in [3.63, 3.8) is 0 Å². The first-order valence-corrected chi connectivity index (χ1v) is 12.6. The van der Waals surface area contributed by atoms with Crippen LogP contribution in [0.4, 0.5) is 0 Å². The van der Waals surface area contributed by atoms with Crippen molar-refractivity contribution in [3.8, 4) is 0 Å². The largest absolute Gasteiger partial charge is 0.465 e. The average Bonchev–Trinajstić information content (AvgIpc) is 2.84. The van der Waals surface area contributed by atoms with E-state index >= 15 is 0 Å². The number of esters is 1. The first-order valence-electron chi connectivity index (χ1n) is 11.1. The quantitative estimate of drug-likeness (QED) is 0.312. The van der Waals surface area contributed by atoms with Crippen LogP contribution in [0.25, 0.3) is 10.9 Å². The van der Waals surface area contributed by atoms with E-state index in [9.17, 15) is 13.2 Å². The van der Waals surface area contributed by atoms with Gasteiger partial charge in [0.05, 0.1) is 24.2 Å². The van der Waals surface area contributed by atoms with Gasteiger partial charge in [-0.15, -0.1) is 0 Å². The first kappa shape index (κ1) is 24.6. The van der Waals surface area contributed by atoms with Crippen molar-refractivity contribution in [1.82, 2.24) is 9.71 Å². The summed E-state index contributed by atoms with van der Waals surface area (Å²) in [6.07, 6.45) is 7.15. The highest BCUT2D eigenvalue weighted by molar-refractivity contribution is 7.89. The molecule has 1 N–H and O–H groups in total. The van der Waals surface area contributed by atoms with Crippen molar-refractivity contribution in [3.05, 3.63) is 83.6 Å². The third kappa shape index (κ3) is 5.86. The summed E-state index contributed by atoms with van der Waals surface area (Å²) in [5, 5.41) is 0.759. The number of nitrogens with one attached hydrogen (secondary N) is 1. The van der Waals surface area contributed by atoms with Crippen LogP contribution in [0.15, 0.2) is 77.3 Å². The SMILES string of the molecule is CCC/C=C(\CCC)[C@@H](NS(=O)(=O)c1cccc2cccnc12)c1ccc(C(=O)OC)cc1. The molecule has 0 saturated carbocycles. The van der Waals surface area contributed by atoms with E-state index in [1.807, 2.05) is 12.1 Å². The van der Waals surface area contributed by atoms with E-state index in [1.165, 1.54) is 7.11 Å². The second kappa shape index (κ2) is 11.2. The molecule has 0 unspecified atom stereocenters. The van der Waals surface area contributed by atoms with Gasteiger partial charge in [-0.3, -0.25) is 4.98 Å². The van der Waals surface area contributed by atoms with Crippen molar-refractivity contribution in [2.75, 3.05) is 7.11 Å². The van der Waals surface area contributed by atoms with Gasteiger partial charge >= 0.3 is 5.97 Å². The highest BCUT2D eigenvalue weighted by Crippen LogP contribution is 2.30. The number of hydrogen-bond donors (Lipinski definition) is 1. The summed E-state index contributed by atoms with van der Waals surface area (Å²) in [6.45, 7) is 4.16. The molecule has 6 nitrogen and oxygen atoms in total. The van der Waals surface area contributed by atoms with E-state index in [0.717, 1.165) is 42.2 Å². The molecular formula is C26H30N2O4S. The lowest BCUT2D eigenvalue weighted by Gasteiger charge is -2.23. The Balaban J connectivity index is 2.07. The number of nitrogens with zero attached hydrogens (tertiary/aromatic N) is 1. The molecule has 2 aromatic carbocycles. The van der Waals surface area contributed by atoms with Crippen LogP contribution in [0, 0.1) is 0 Å². The van der Waals surface area contributed by atoms with Gasteiger partial charge in [0.2, 0.25) is 10.0 Å². The molecule has 33 heavy (non-hydrogen) atoms. The zero-order chi connectivity index (χ0) is 23.8.